The molecule has 3 heterocycles. The number of ketones is 1. The minimum Gasteiger partial charge on any atom is -0.444 e. The number of unbranched alkanes of at least 4 members (excludes halogenated alkanes) is 3. The number of pyridine rings is 1. The Morgan fingerprint density at radius 3 is 2.42 bits per heavy atom. The van der Waals surface area contributed by atoms with E-state index < -0.39 is 64.8 Å². The Hall–Kier alpha value is -5.44. The van der Waals surface area contributed by atoms with Crippen LogP contribution in [0.25, 0.3) is 22.2 Å². The fraction of sp³-hybridized carbons (Fsp3) is 0.608. The van der Waals surface area contributed by atoms with Crippen LogP contribution in [0.4, 0.5) is 4.79 Å². The predicted molar refractivity (Wildman–Crippen MR) is 254 cm³/mol. The SMILES string of the molecule is CCCCCC=CC1CC1(NC(=O)C1CC(OCCc2nc3c(-c4cccnc4)cccc3n2C(C)C)CN1C(=O)C(C)NC(=O)OC(C)(C)C)C(=O)NCC(C(=O)C=O)C(C)C(C)CC. The molecule has 1 aliphatic heterocycles. The number of aldehydes is 1. The molecule has 2 fully saturated rings. The van der Waals surface area contributed by atoms with Crippen molar-refractivity contribution >= 4 is 46.9 Å². The average molecular weight is 912 g/mol. The van der Waals surface area contributed by atoms with Gasteiger partial charge >= 0.3 is 6.09 Å². The molecular formula is C51H73N7O8. The molecule has 66 heavy (non-hydrogen) atoms. The number of amides is 4. The lowest BCUT2D eigenvalue weighted by atomic mass is 9.80. The van der Waals surface area contributed by atoms with E-state index in [1.54, 1.807) is 27.0 Å². The molecule has 1 saturated heterocycles. The van der Waals surface area contributed by atoms with Crippen LogP contribution in [0.5, 0.6) is 0 Å². The molecule has 0 bridgehead atoms. The molecule has 1 saturated carbocycles. The van der Waals surface area contributed by atoms with E-state index in [4.69, 9.17) is 14.5 Å². The van der Waals surface area contributed by atoms with Crippen LogP contribution in [0.3, 0.4) is 0 Å². The number of imidazole rings is 1. The van der Waals surface area contributed by atoms with E-state index >= 15 is 0 Å². The Bertz CT molecular complexity index is 2200. The summed E-state index contributed by atoms with van der Waals surface area (Å²) >= 11 is 0. The third-order valence-electron chi connectivity index (χ3n) is 13.2. The number of nitrogens with one attached hydrogen (secondary N) is 3. The van der Waals surface area contributed by atoms with Gasteiger partial charge in [-0.25, -0.2) is 9.78 Å². The molecule has 3 aromatic rings. The normalized spacial score (nSPS) is 21.3. The summed E-state index contributed by atoms with van der Waals surface area (Å²) in [6.07, 6.45) is 12.2. The zero-order chi connectivity index (χ0) is 48.3. The number of allylic oxidation sites excluding steroid dienone is 1. The van der Waals surface area contributed by atoms with Crippen LogP contribution in [0.15, 0.2) is 54.9 Å². The van der Waals surface area contributed by atoms with Crippen molar-refractivity contribution in [3.8, 4) is 11.1 Å². The summed E-state index contributed by atoms with van der Waals surface area (Å²) in [5.41, 5.74) is 1.64. The molecule has 0 spiro atoms. The number of hydrogen-bond donors (Lipinski definition) is 3. The van der Waals surface area contributed by atoms with Crippen molar-refractivity contribution in [3.63, 3.8) is 0 Å². The summed E-state index contributed by atoms with van der Waals surface area (Å²) in [4.78, 5) is 91.4. The summed E-state index contributed by atoms with van der Waals surface area (Å²) in [6.45, 7) is 19.2. The number of alkyl carbamates (subject to hydrolysis) is 1. The Morgan fingerprint density at radius 2 is 1.77 bits per heavy atom. The van der Waals surface area contributed by atoms with Crippen molar-refractivity contribution in [2.24, 2.45) is 23.7 Å². The van der Waals surface area contributed by atoms with E-state index in [2.05, 4.69) is 52.3 Å². The fourth-order valence-electron chi connectivity index (χ4n) is 9.01. The first kappa shape index (κ1) is 51.5. The molecule has 15 nitrogen and oxygen atoms in total. The van der Waals surface area contributed by atoms with Crippen molar-refractivity contribution in [1.29, 1.82) is 0 Å². The molecule has 2 aromatic heterocycles. The third-order valence-corrected chi connectivity index (χ3v) is 13.2. The van der Waals surface area contributed by atoms with Gasteiger partial charge in [0.2, 0.25) is 17.7 Å². The lowest BCUT2D eigenvalue weighted by Crippen LogP contribution is -2.58. The standard InChI is InChI=1S/C51H73N7O8/c1-11-13-14-15-16-20-37-27-51(37,48(63)53-29-40(43(60)31-59)34(6)33(5)12-2)56-46(61)42-26-38(30-57(42)47(62)35(7)54-49(64)66-50(8,9)10)65-25-23-44-55-45-39(36-19-18-24-52-28-36)21-17-22-41(45)58(44)32(3)4/h16-22,24,28,31-35,37-38,40,42H,11-15,23,25-27,29-30H2,1-10H3,(H,53,63)(H,54,64)(H,56,61). The summed E-state index contributed by atoms with van der Waals surface area (Å²) in [7, 11) is 0. The number of ether oxygens (including phenoxy) is 2. The Kier molecular flexibility index (Phi) is 17.8. The monoisotopic (exact) mass is 912 g/mol. The molecule has 4 amide bonds. The fourth-order valence-corrected chi connectivity index (χ4v) is 9.01. The van der Waals surface area contributed by atoms with Gasteiger partial charge < -0.3 is 34.9 Å². The van der Waals surface area contributed by atoms with Crippen LogP contribution in [0.2, 0.25) is 0 Å². The van der Waals surface area contributed by atoms with E-state index in [9.17, 15) is 28.8 Å². The number of rotatable bonds is 23. The van der Waals surface area contributed by atoms with Crippen LogP contribution in [-0.2, 0) is 39.9 Å². The first-order valence-corrected chi connectivity index (χ1v) is 23.9. The van der Waals surface area contributed by atoms with E-state index in [-0.39, 0.29) is 49.9 Å². The van der Waals surface area contributed by atoms with Crippen LogP contribution < -0.4 is 16.0 Å². The van der Waals surface area contributed by atoms with E-state index in [0.717, 1.165) is 60.1 Å². The Balaban J connectivity index is 1.38. The average Bonchev–Trinajstić information content (AvgIpc) is 3.59. The number of nitrogens with zero attached hydrogens (tertiary/aromatic N) is 4. The molecule has 1 aliphatic carbocycles. The first-order chi connectivity index (χ1) is 31.3. The van der Waals surface area contributed by atoms with Gasteiger partial charge in [-0.15, -0.1) is 0 Å². The highest BCUT2D eigenvalue weighted by atomic mass is 16.6. The van der Waals surface area contributed by atoms with E-state index in [1.807, 2.05) is 63.4 Å². The van der Waals surface area contributed by atoms with Gasteiger partial charge in [-0.1, -0.05) is 77.3 Å². The minimum absolute atomic E-state index is 0.0559. The third kappa shape index (κ3) is 12.7. The van der Waals surface area contributed by atoms with Gasteiger partial charge in [0, 0.05) is 67.3 Å². The second kappa shape index (κ2) is 22.8. The van der Waals surface area contributed by atoms with E-state index in [1.165, 1.54) is 11.8 Å². The highest BCUT2D eigenvalue weighted by Gasteiger charge is 2.61. The quantitative estimate of drug-likeness (QED) is 0.0376. The molecule has 8 unspecified atom stereocenters. The number of carbonyl (C=O) groups excluding carboxylic acids is 6. The van der Waals surface area contributed by atoms with E-state index in [0.29, 0.717) is 19.1 Å². The molecule has 360 valence electrons. The number of fused-ring (bicyclic) bond motifs is 1. The zero-order valence-electron chi connectivity index (χ0n) is 40.7. The van der Waals surface area contributed by atoms with Gasteiger partial charge in [0.1, 0.15) is 29.0 Å². The number of likely N-dealkylation sites (tertiary alicyclic amines) is 1. The van der Waals surface area contributed by atoms with Crippen LogP contribution in [-0.4, -0.2) is 104 Å². The number of Topliss-reactive ketones (excluding diaryl/α,β-unsaturated/α-hetero) is 1. The van der Waals surface area contributed by atoms with Gasteiger partial charge in [0.05, 0.1) is 23.7 Å². The number of hydrogen-bond acceptors (Lipinski definition) is 10. The maximum Gasteiger partial charge on any atom is 0.408 e. The van der Waals surface area contributed by atoms with Crippen molar-refractivity contribution in [2.45, 2.75) is 156 Å². The van der Waals surface area contributed by atoms with Gasteiger partial charge in [0.15, 0.2) is 12.1 Å². The summed E-state index contributed by atoms with van der Waals surface area (Å²) < 4.78 is 14.1. The zero-order valence-corrected chi connectivity index (χ0v) is 40.7. The molecule has 2 aliphatic rings. The number of benzene rings is 1. The minimum atomic E-state index is -1.34. The van der Waals surface area contributed by atoms with Crippen molar-refractivity contribution < 1.29 is 38.2 Å². The van der Waals surface area contributed by atoms with Gasteiger partial charge in [-0.3, -0.25) is 29.0 Å². The molecule has 8 atom stereocenters. The molecule has 3 N–H and O–H groups in total. The molecule has 15 heteroatoms. The number of aromatic nitrogens is 3. The topological polar surface area (TPSA) is 191 Å². The molecule has 1 aromatic carbocycles. The summed E-state index contributed by atoms with van der Waals surface area (Å²) in [6, 6.07) is 8.02. The van der Waals surface area contributed by atoms with Crippen molar-refractivity contribution in [3.05, 3.63) is 60.7 Å². The Labute approximate surface area is 390 Å². The smallest absolute Gasteiger partial charge is 0.408 e. The van der Waals surface area contributed by atoms with Crippen LogP contribution >= 0.6 is 0 Å². The number of carbonyl (C=O) groups is 6. The molecule has 5 rings (SSSR count). The van der Waals surface area contributed by atoms with Crippen molar-refractivity contribution in [1.82, 2.24) is 35.4 Å². The molecule has 0 radical (unpaired) electrons. The highest BCUT2D eigenvalue weighted by Crippen LogP contribution is 2.46. The second-order valence-corrected chi connectivity index (χ2v) is 19.5. The number of para-hydroxylation sites is 1. The van der Waals surface area contributed by atoms with Gasteiger partial charge in [-0.05, 0) is 84.8 Å². The van der Waals surface area contributed by atoms with Crippen LogP contribution in [0.1, 0.15) is 126 Å². The predicted octanol–water partition coefficient (Wildman–Crippen LogP) is 7.32. The maximum atomic E-state index is 14.7. The Morgan fingerprint density at radius 1 is 1.02 bits per heavy atom. The first-order valence-electron chi connectivity index (χ1n) is 23.9. The maximum absolute atomic E-state index is 14.7. The summed E-state index contributed by atoms with van der Waals surface area (Å²) in [5, 5.41) is 8.61. The second-order valence-electron chi connectivity index (χ2n) is 19.5. The lowest BCUT2D eigenvalue weighted by Gasteiger charge is -2.30. The van der Waals surface area contributed by atoms with Gasteiger partial charge in [0.25, 0.3) is 0 Å². The van der Waals surface area contributed by atoms with Gasteiger partial charge in [-0.2, -0.15) is 0 Å². The largest absolute Gasteiger partial charge is 0.444 e. The van der Waals surface area contributed by atoms with Crippen molar-refractivity contribution in [2.75, 3.05) is 19.7 Å². The highest BCUT2D eigenvalue weighted by molar-refractivity contribution is 6.26. The summed E-state index contributed by atoms with van der Waals surface area (Å²) in [5.74, 6) is -2.36. The molecular weight excluding hydrogens is 839 g/mol. The van der Waals surface area contributed by atoms with Crippen LogP contribution in [0, 0.1) is 23.7 Å². The lowest BCUT2D eigenvalue weighted by molar-refractivity contribution is -0.141.